The molecule has 2 aliphatic heterocycles. The molecule has 0 atom stereocenters. The minimum atomic E-state index is -0.390. The topological polar surface area (TPSA) is 30.5 Å². The van der Waals surface area contributed by atoms with E-state index >= 15 is 0 Å². The van der Waals surface area contributed by atoms with Crippen LogP contribution in [0.3, 0.4) is 0 Å². The molecular formula is C17H22ClNO2. The lowest BCUT2D eigenvalue weighted by Crippen LogP contribution is -2.34. The molecule has 1 N–H and O–H groups in total. The van der Waals surface area contributed by atoms with Crippen molar-refractivity contribution >= 4 is 11.6 Å². The molecule has 1 saturated carbocycles. The summed E-state index contributed by atoms with van der Waals surface area (Å²) in [5.41, 5.74) is 1.21. The first-order chi connectivity index (χ1) is 10.2. The molecular weight excluding hydrogens is 286 g/mol. The summed E-state index contributed by atoms with van der Waals surface area (Å²) in [6.45, 7) is 2.24. The van der Waals surface area contributed by atoms with Gasteiger partial charge in [0, 0.05) is 23.9 Å². The predicted octanol–water partition coefficient (Wildman–Crippen LogP) is 3.92. The van der Waals surface area contributed by atoms with Crippen molar-refractivity contribution in [2.45, 2.75) is 50.7 Å². The molecule has 0 radical (unpaired) electrons. The summed E-state index contributed by atoms with van der Waals surface area (Å²) in [5, 5.41) is 4.24. The number of halogens is 1. The molecule has 114 valence electrons. The molecule has 1 aromatic rings. The third kappa shape index (κ3) is 2.62. The number of hydrogen-bond acceptors (Lipinski definition) is 3. The van der Waals surface area contributed by atoms with Gasteiger partial charge in [-0.15, -0.1) is 0 Å². The minimum absolute atomic E-state index is 0.390. The molecule has 21 heavy (non-hydrogen) atoms. The van der Waals surface area contributed by atoms with Crippen molar-refractivity contribution in [3.05, 3.63) is 22.7 Å². The summed E-state index contributed by atoms with van der Waals surface area (Å²) in [6.07, 6.45) is 7.85. The summed E-state index contributed by atoms with van der Waals surface area (Å²) in [4.78, 5) is 0. The van der Waals surface area contributed by atoms with Gasteiger partial charge in [-0.1, -0.05) is 11.6 Å². The first-order valence-corrected chi connectivity index (χ1v) is 8.53. The first-order valence-electron chi connectivity index (χ1n) is 8.15. The quantitative estimate of drug-likeness (QED) is 0.898. The van der Waals surface area contributed by atoms with Crippen molar-refractivity contribution in [1.29, 1.82) is 0 Å². The highest BCUT2D eigenvalue weighted by Crippen LogP contribution is 2.48. The predicted molar refractivity (Wildman–Crippen MR) is 83.2 cm³/mol. The second kappa shape index (κ2) is 5.36. The van der Waals surface area contributed by atoms with Gasteiger partial charge < -0.3 is 14.8 Å². The number of ether oxygens (including phenoxy) is 2. The van der Waals surface area contributed by atoms with Crippen molar-refractivity contribution in [3.8, 4) is 11.5 Å². The zero-order valence-corrected chi connectivity index (χ0v) is 13.0. The number of piperidine rings is 1. The van der Waals surface area contributed by atoms with Gasteiger partial charge in [-0.25, -0.2) is 0 Å². The van der Waals surface area contributed by atoms with Gasteiger partial charge in [0.15, 0.2) is 11.5 Å². The Kier molecular flexibility index (Phi) is 3.50. The molecule has 1 aromatic carbocycles. The Bertz CT molecular complexity index is 534. The zero-order valence-electron chi connectivity index (χ0n) is 12.3. The van der Waals surface area contributed by atoms with Crippen molar-refractivity contribution < 1.29 is 9.47 Å². The normalized spacial score (nSPS) is 23.9. The molecule has 4 heteroatoms. The van der Waals surface area contributed by atoms with E-state index in [2.05, 4.69) is 11.4 Å². The molecule has 3 aliphatic rings. The van der Waals surface area contributed by atoms with E-state index in [0.717, 1.165) is 54.8 Å². The van der Waals surface area contributed by atoms with Crippen molar-refractivity contribution in [1.82, 2.24) is 5.32 Å². The van der Waals surface area contributed by atoms with Gasteiger partial charge in [-0.2, -0.15) is 0 Å². The van der Waals surface area contributed by atoms with E-state index in [1.165, 1.54) is 31.2 Å². The fourth-order valence-corrected chi connectivity index (χ4v) is 4.06. The highest BCUT2D eigenvalue weighted by molar-refractivity contribution is 6.31. The lowest BCUT2D eigenvalue weighted by Gasteiger charge is -2.23. The minimum Gasteiger partial charge on any atom is -0.448 e. The van der Waals surface area contributed by atoms with Crippen LogP contribution in [-0.4, -0.2) is 18.9 Å². The van der Waals surface area contributed by atoms with Crippen LogP contribution in [0, 0.1) is 5.92 Å². The Morgan fingerprint density at radius 1 is 1.10 bits per heavy atom. The van der Waals surface area contributed by atoms with E-state index in [1.54, 1.807) is 0 Å². The van der Waals surface area contributed by atoms with E-state index in [0.29, 0.717) is 0 Å². The molecule has 0 unspecified atom stereocenters. The van der Waals surface area contributed by atoms with Crippen LogP contribution in [0.2, 0.25) is 5.02 Å². The molecule has 0 amide bonds. The summed E-state index contributed by atoms with van der Waals surface area (Å²) < 4.78 is 12.2. The van der Waals surface area contributed by atoms with Crippen molar-refractivity contribution in [2.24, 2.45) is 5.92 Å². The highest BCUT2D eigenvalue weighted by atomic mass is 35.5. The lowest BCUT2D eigenvalue weighted by molar-refractivity contribution is -0.0716. The largest absolute Gasteiger partial charge is 0.448 e. The van der Waals surface area contributed by atoms with Crippen LogP contribution in [0.15, 0.2) is 12.1 Å². The third-order valence-electron chi connectivity index (χ3n) is 5.04. The summed E-state index contributed by atoms with van der Waals surface area (Å²) in [7, 11) is 0. The molecule has 4 rings (SSSR count). The Labute approximate surface area is 131 Å². The van der Waals surface area contributed by atoms with Gasteiger partial charge in [0.2, 0.25) is 0 Å². The van der Waals surface area contributed by atoms with Crippen molar-refractivity contribution in [2.75, 3.05) is 13.1 Å². The second-order valence-corrected chi connectivity index (χ2v) is 7.02. The average Bonchev–Trinajstić information content (AvgIpc) is 3.07. The summed E-state index contributed by atoms with van der Waals surface area (Å²) in [6, 6.07) is 4.08. The van der Waals surface area contributed by atoms with Gasteiger partial charge in [-0.05, 0) is 62.7 Å². The van der Waals surface area contributed by atoms with E-state index < -0.39 is 0 Å². The SMILES string of the molecule is Clc1cc2c(cc1CC1CCNCC1)OC1(CCCC1)O2. The van der Waals surface area contributed by atoms with Crippen LogP contribution >= 0.6 is 11.6 Å². The molecule has 1 aliphatic carbocycles. The van der Waals surface area contributed by atoms with Crippen molar-refractivity contribution in [3.63, 3.8) is 0 Å². The number of hydrogen-bond donors (Lipinski definition) is 1. The first kappa shape index (κ1) is 13.7. The van der Waals surface area contributed by atoms with E-state index in [4.69, 9.17) is 21.1 Å². The van der Waals surface area contributed by atoms with Gasteiger partial charge in [0.25, 0.3) is 5.79 Å². The number of fused-ring (bicyclic) bond motifs is 1. The van der Waals surface area contributed by atoms with Crippen LogP contribution in [0.25, 0.3) is 0 Å². The number of rotatable bonds is 2. The maximum atomic E-state index is 6.47. The molecule has 0 aromatic heterocycles. The maximum absolute atomic E-state index is 6.47. The Morgan fingerprint density at radius 2 is 1.76 bits per heavy atom. The highest BCUT2D eigenvalue weighted by Gasteiger charge is 2.44. The zero-order chi connectivity index (χ0) is 14.3. The fraction of sp³-hybridized carbons (Fsp3) is 0.647. The molecule has 2 heterocycles. The van der Waals surface area contributed by atoms with E-state index in [1.807, 2.05) is 6.07 Å². The fourth-order valence-electron chi connectivity index (χ4n) is 3.83. The van der Waals surface area contributed by atoms with Gasteiger partial charge in [0.1, 0.15) is 0 Å². The average molecular weight is 308 g/mol. The van der Waals surface area contributed by atoms with E-state index in [9.17, 15) is 0 Å². The monoisotopic (exact) mass is 307 g/mol. The molecule has 1 saturated heterocycles. The molecule has 2 fully saturated rings. The van der Waals surface area contributed by atoms with Gasteiger partial charge in [-0.3, -0.25) is 0 Å². The second-order valence-electron chi connectivity index (χ2n) is 6.61. The lowest BCUT2D eigenvalue weighted by atomic mass is 9.91. The molecule has 3 nitrogen and oxygen atoms in total. The smallest absolute Gasteiger partial charge is 0.251 e. The van der Waals surface area contributed by atoms with Crippen LogP contribution in [0.1, 0.15) is 44.1 Å². The number of nitrogens with one attached hydrogen (secondary N) is 1. The van der Waals surface area contributed by atoms with Crippen LogP contribution < -0.4 is 14.8 Å². The molecule has 1 spiro atoms. The summed E-state index contributed by atoms with van der Waals surface area (Å²) >= 11 is 6.47. The third-order valence-corrected chi connectivity index (χ3v) is 5.39. The maximum Gasteiger partial charge on any atom is 0.251 e. The van der Waals surface area contributed by atoms with E-state index in [-0.39, 0.29) is 5.79 Å². The number of benzene rings is 1. The standard InChI is InChI=1S/C17H22ClNO2/c18-14-11-16-15(20-17(21-16)5-1-2-6-17)10-13(14)9-12-3-7-19-8-4-12/h10-12,19H,1-9H2. The van der Waals surface area contributed by atoms with Crippen LogP contribution in [-0.2, 0) is 6.42 Å². The Morgan fingerprint density at radius 3 is 2.48 bits per heavy atom. The Hall–Kier alpha value is -0.930. The van der Waals surface area contributed by atoms with Crippen LogP contribution in [0.5, 0.6) is 11.5 Å². The van der Waals surface area contributed by atoms with Gasteiger partial charge in [0.05, 0.1) is 0 Å². The summed E-state index contributed by atoms with van der Waals surface area (Å²) in [5.74, 6) is 2.06. The van der Waals surface area contributed by atoms with Gasteiger partial charge >= 0.3 is 0 Å². The van der Waals surface area contributed by atoms with Crippen LogP contribution in [0.4, 0.5) is 0 Å². The Balaban J connectivity index is 1.54. The molecule has 0 bridgehead atoms.